The number of pyridine rings is 1. The summed E-state index contributed by atoms with van der Waals surface area (Å²) in [5.74, 6) is 0.159. The number of hydrogen-bond acceptors (Lipinski definition) is 2. The van der Waals surface area contributed by atoms with Crippen molar-refractivity contribution in [1.29, 1.82) is 0 Å². The zero-order valence-corrected chi connectivity index (χ0v) is 14.2. The van der Waals surface area contributed by atoms with Crippen LogP contribution >= 0.6 is 11.6 Å². The first-order chi connectivity index (χ1) is 9.55. The molecular formula is C16H23ClN2O2. The van der Waals surface area contributed by atoms with Crippen LogP contribution in [-0.4, -0.2) is 21.1 Å². The summed E-state index contributed by atoms with van der Waals surface area (Å²) in [4.78, 5) is 17.9. The molecule has 1 aromatic heterocycles. The molecule has 0 aliphatic carbocycles. The lowest BCUT2D eigenvalue weighted by molar-refractivity contribution is 0.0988. The highest BCUT2D eigenvalue weighted by Crippen LogP contribution is 2.46. The highest BCUT2D eigenvalue weighted by Gasteiger charge is 2.43. The van der Waals surface area contributed by atoms with E-state index in [2.05, 4.69) is 20.8 Å². The maximum atomic E-state index is 11.6. The van der Waals surface area contributed by atoms with Crippen LogP contribution in [0.1, 0.15) is 70.6 Å². The van der Waals surface area contributed by atoms with Crippen LogP contribution in [0.4, 0.5) is 4.79 Å². The number of fused-ring (bicyclic) bond motifs is 1. The van der Waals surface area contributed by atoms with E-state index >= 15 is 0 Å². The summed E-state index contributed by atoms with van der Waals surface area (Å²) in [5.41, 5.74) is 2.43. The molecule has 21 heavy (non-hydrogen) atoms. The van der Waals surface area contributed by atoms with Crippen LogP contribution in [0.2, 0.25) is 5.02 Å². The van der Waals surface area contributed by atoms with Gasteiger partial charge in [0.05, 0.1) is 28.5 Å². The van der Waals surface area contributed by atoms with E-state index in [1.54, 1.807) is 0 Å². The monoisotopic (exact) mass is 310 g/mol. The van der Waals surface area contributed by atoms with E-state index in [1.165, 1.54) is 4.90 Å². The zero-order valence-electron chi connectivity index (χ0n) is 13.4. The Morgan fingerprint density at radius 1 is 1.43 bits per heavy atom. The van der Waals surface area contributed by atoms with Crippen molar-refractivity contribution < 1.29 is 9.90 Å². The first-order valence-electron chi connectivity index (χ1n) is 7.27. The summed E-state index contributed by atoms with van der Waals surface area (Å²) in [5, 5.41) is 10.2. The van der Waals surface area contributed by atoms with Gasteiger partial charge in [0.1, 0.15) is 0 Å². The minimum Gasteiger partial charge on any atom is -0.465 e. The summed E-state index contributed by atoms with van der Waals surface area (Å²) in [7, 11) is 0. The average molecular weight is 311 g/mol. The van der Waals surface area contributed by atoms with Crippen LogP contribution in [0.25, 0.3) is 0 Å². The molecule has 1 N–H and O–H groups in total. The Kier molecular flexibility index (Phi) is 3.96. The maximum Gasteiger partial charge on any atom is 0.408 e. The molecule has 4 nitrogen and oxygen atoms in total. The van der Waals surface area contributed by atoms with Crippen molar-refractivity contribution in [2.75, 3.05) is 0 Å². The molecule has 116 valence electrons. The summed E-state index contributed by atoms with van der Waals surface area (Å²) in [6.07, 6.45) is -0.910. The van der Waals surface area contributed by atoms with E-state index in [0.29, 0.717) is 5.02 Å². The van der Waals surface area contributed by atoms with Gasteiger partial charge in [0.15, 0.2) is 0 Å². The Morgan fingerprint density at radius 2 is 2.00 bits per heavy atom. The molecule has 1 aromatic rings. The van der Waals surface area contributed by atoms with Gasteiger partial charge in [-0.05, 0) is 24.5 Å². The molecule has 2 heterocycles. The summed E-state index contributed by atoms with van der Waals surface area (Å²) >= 11 is 6.38. The molecule has 0 aromatic carbocycles. The lowest BCUT2D eigenvalue weighted by Crippen LogP contribution is -2.33. The van der Waals surface area contributed by atoms with Gasteiger partial charge >= 0.3 is 6.09 Å². The quantitative estimate of drug-likeness (QED) is 0.811. The van der Waals surface area contributed by atoms with E-state index in [0.717, 1.165) is 17.0 Å². The third-order valence-electron chi connectivity index (χ3n) is 4.05. The fraction of sp³-hybridized carbons (Fsp3) is 0.625. The van der Waals surface area contributed by atoms with Crippen LogP contribution < -0.4 is 0 Å². The molecule has 0 bridgehead atoms. The van der Waals surface area contributed by atoms with E-state index in [1.807, 2.05) is 26.8 Å². The molecule has 1 aliphatic heterocycles. The maximum absolute atomic E-state index is 11.6. The molecule has 2 rings (SSSR count). The second kappa shape index (κ2) is 5.16. The molecule has 5 heteroatoms. The van der Waals surface area contributed by atoms with Crippen LogP contribution in [-0.2, 0) is 5.41 Å². The van der Waals surface area contributed by atoms with E-state index < -0.39 is 6.09 Å². The van der Waals surface area contributed by atoms with Gasteiger partial charge in [-0.1, -0.05) is 46.2 Å². The van der Waals surface area contributed by atoms with Crippen LogP contribution in [0.3, 0.4) is 0 Å². The first-order valence-corrected chi connectivity index (χ1v) is 7.65. The third-order valence-corrected chi connectivity index (χ3v) is 4.33. The summed E-state index contributed by atoms with van der Waals surface area (Å²) in [6, 6.07) is 1.46. The predicted molar refractivity (Wildman–Crippen MR) is 83.8 cm³/mol. The Morgan fingerprint density at radius 3 is 2.43 bits per heavy atom. The topological polar surface area (TPSA) is 53.4 Å². The minimum absolute atomic E-state index is 0.159. The van der Waals surface area contributed by atoms with Crippen molar-refractivity contribution in [2.24, 2.45) is 5.92 Å². The smallest absolute Gasteiger partial charge is 0.408 e. The normalized spacial score (nSPS) is 21.8. The van der Waals surface area contributed by atoms with Gasteiger partial charge in [-0.25, -0.2) is 4.79 Å². The Balaban J connectivity index is 2.66. The number of carboxylic acid groups (broad SMARTS) is 1. The van der Waals surface area contributed by atoms with Crippen LogP contribution in [0.15, 0.2) is 6.07 Å². The molecule has 1 unspecified atom stereocenters. The standard InChI is InChI=1S/C16H23ClN2O2/c1-8(2)13-12-10(9(3)19(13)15(20)21)7-11(17)14(18-12)16(4,5)6/h7-9,13H,1-6H3,(H,20,21)/t9?,13-/m0/s1. The van der Waals surface area contributed by atoms with Gasteiger partial charge in [-0.15, -0.1) is 0 Å². The van der Waals surface area contributed by atoms with Gasteiger partial charge in [0, 0.05) is 5.41 Å². The highest BCUT2D eigenvalue weighted by atomic mass is 35.5. The number of aromatic nitrogens is 1. The fourth-order valence-electron chi connectivity index (χ4n) is 3.06. The van der Waals surface area contributed by atoms with Gasteiger partial charge < -0.3 is 5.11 Å². The molecule has 1 aliphatic rings. The first kappa shape index (κ1) is 16.1. The molecule has 0 radical (unpaired) electrons. The second-order valence-corrected chi connectivity index (χ2v) is 7.51. The number of carbonyl (C=O) groups is 1. The number of halogens is 1. The van der Waals surface area contributed by atoms with Crippen molar-refractivity contribution in [3.05, 3.63) is 28.0 Å². The minimum atomic E-state index is -0.910. The summed E-state index contributed by atoms with van der Waals surface area (Å²) in [6.45, 7) is 12.1. The Hall–Kier alpha value is -1.29. The SMILES string of the molecule is CC(C)[C@H]1c2nc(C(C)(C)C)c(Cl)cc2C(C)N1C(=O)O. The van der Waals surface area contributed by atoms with Gasteiger partial charge in [0.25, 0.3) is 0 Å². The van der Waals surface area contributed by atoms with Gasteiger partial charge in [-0.3, -0.25) is 9.88 Å². The van der Waals surface area contributed by atoms with E-state index in [-0.39, 0.29) is 23.4 Å². The molecule has 0 saturated heterocycles. The van der Waals surface area contributed by atoms with E-state index in [4.69, 9.17) is 16.6 Å². The van der Waals surface area contributed by atoms with Crippen LogP contribution in [0, 0.1) is 5.92 Å². The predicted octanol–water partition coefficient (Wildman–Crippen LogP) is 4.78. The lowest BCUT2D eigenvalue weighted by Gasteiger charge is -2.28. The number of hydrogen-bond donors (Lipinski definition) is 1. The lowest BCUT2D eigenvalue weighted by atomic mass is 9.90. The molecule has 0 spiro atoms. The number of amides is 1. The Labute approximate surface area is 131 Å². The Bertz CT molecular complexity index is 578. The zero-order chi connectivity index (χ0) is 16.1. The molecule has 1 amide bonds. The highest BCUT2D eigenvalue weighted by molar-refractivity contribution is 6.31. The average Bonchev–Trinajstić information content (AvgIpc) is 2.60. The number of nitrogens with zero attached hydrogens (tertiary/aromatic N) is 2. The molecular weight excluding hydrogens is 288 g/mol. The second-order valence-electron chi connectivity index (χ2n) is 7.10. The van der Waals surface area contributed by atoms with Gasteiger partial charge in [-0.2, -0.15) is 0 Å². The van der Waals surface area contributed by atoms with E-state index in [9.17, 15) is 9.90 Å². The molecule has 0 fully saturated rings. The number of rotatable bonds is 1. The van der Waals surface area contributed by atoms with Crippen molar-refractivity contribution in [3.63, 3.8) is 0 Å². The van der Waals surface area contributed by atoms with Gasteiger partial charge in [0.2, 0.25) is 0 Å². The van der Waals surface area contributed by atoms with Crippen molar-refractivity contribution in [2.45, 2.75) is 59.0 Å². The molecule has 0 saturated carbocycles. The van der Waals surface area contributed by atoms with Crippen LogP contribution in [0.5, 0.6) is 0 Å². The molecule has 2 atom stereocenters. The van der Waals surface area contributed by atoms with Crippen molar-refractivity contribution in [3.8, 4) is 0 Å². The largest absolute Gasteiger partial charge is 0.465 e. The van der Waals surface area contributed by atoms with Crippen molar-refractivity contribution in [1.82, 2.24) is 9.88 Å². The third kappa shape index (κ3) is 2.61. The summed E-state index contributed by atoms with van der Waals surface area (Å²) < 4.78 is 0. The fourth-order valence-corrected chi connectivity index (χ4v) is 3.50. The van der Waals surface area contributed by atoms with Crippen molar-refractivity contribution >= 4 is 17.7 Å².